The molecular weight excluding hydrogens is 1060 g/mol. The van der Waals surface area contributed by atoms with Gasteiger partial charge in [0.1, 0.15) is 10.0 Å². The molecule has 23 heteroatoms. The molecule has 0 saturated heterocycles. The predicted molar refractivity (Wildman–Crippen MR) is 305 cm³/mol. The zero-order valence-corrected chi connectivity index (χ0v) is 46.5. The molecule has 0 bridgehead atoms. The number of benzene rings is 4. The number of hydrogen-bond acceptors (Lipinski definition) is 15. The monoisotopic (exact) mass is 1130 g/mol. The van der Waals surface area contributed by atoms with Crippen molar-refractivity contribution in [2.24, 2.45) is 0 Å². The average Bonchev–Trinajstić information content (AvgIpc) is 3.94. The lowest BCUT2D eigenvalue weighted by Gasteiger charge is -2.22. The van der Waals surface area contributed by atoms with Gasteiger partial charge in [0.15, 0.2) is 0 Å². The van der Waals surface area contributed by atoms with Crippen LogP contribution in [-0.2, 0) is 39.1 Å². The molecule has 0 saturated carbocycles. The standard InChI is InChI=1S/C25H30N4O5S2.C21H24N4O3S2.C4H7ClO2.2CH4/c1-15(2)34-24(31)28-18-9-7-17(8-10-18)23-26-14-21(35-23)20-12-11-19(27-16(3)30)13-22(20)36(32,33)29-25(4,5)6;1-13(26)24-16-9-10-17(19(11-16)30(27,28)25-21(2,3)4)18-12-23-20(29-18)14-5-7-15(22)8-6-14;1-3(2)7-4(5)6;;/h7-15,29H,1-6H3,(H,27,30)(H,28,31);5-12,25H,22H2,1-4H3,(H,24,26);3H,1-2H3;2*1H4. The maximum absolute atomic E-state index is 13.3. The number of rotatable bonds is 13. The Morgan fingerprint density at radius 1 is 0.573 bits per heavy atom. The van der Waals surface area contributed by atoms with Gasteiger partial charge in [-0.3, -0.25) is 14.9 Å². The number of nitrogens with two attached hydrogens (primary N) is 1. The second-order valence-electron chi connectivity index (χ2n) is 18.7. The number of thiazole rings is 2. The third-order valence-corrected chi connectivity index (χ3v) is 14.7. The summed E-state index contributed by atoms with van der Waals surface area (Å²) in [7, 11) is -7.77. The molecule has 408 valence electrons. The minimum atomic E-state index is -3.91. The first-order chi connectivity index (χ1) is 33.8. The maximum atomic E-state index is 13.3. The van der Waals surface area contributed by atoms with Crippen LogP contribution in [0.25, 0.3) is 42.0 Å². The lowest BCUT2D eigenvalue weighted by atomic mass is 10.1. The molecule has 6 rings (SSSR count). The predicted octanol–water partition coefficient (Wildman–Crippen LogP) is 12.6. The number of sulfonamides is 2. The van der Waals surface area contributed by atoms with Gasteiger partial charge < -0.3 is 25.8 Å². The number of carbonyl (C=O) groups is 4. The van der Waals surface area contributed by atoms with E-state index >= 15 is 0 Å². The van der Waals surface area contributed by atoms with Crippen LogP contribution >= 0.6 is 34.3 Å². The van der Waals surface area contributed by atoms with Crippen LogP contribution in [0.2, 0.25) is 0 Å². The van der Waals surface area contributed by atoms with Gasteiger partial charge in [-0.15, -0.1) is 22.7 Å². The number of nitrogen functional groups attached to an aromatic ring is 1. The summed E-state index contributed by atoms with van der Waals surface area (Å²) in [6.07, 6.45) is 2.41. The van der Waals surface area contributed by atoms with Gasteiger partial charge >= 0.3 is 11.5 Å². The van der Waals surface area contributed by atoms with Crippen molar-refractivity contribution in [3.05, 3.63) is 97.3 Å². The fourth-order valence-corrected chi connectivity index (χ4v) is 11.9. The Balaban J connectivity index is 0.000000449. The van der Waals surface area contributed by atoms with Gasteiger partial charge in [0.2, 0.25) is 31.9 Å². The van der Waals surface area contributed by atoms with E-state index in [1.165, 1.54) is 48.7 Å². The SMILES string of the molecule is C.C.CC(=O)Nc1ccc(-c2cnc(-c3ccc(N)cc3)s2)c(S(=O)(=O)NC(C)(C)C)c1.CC(=O)Nc1ccc(-c2cnc(-c3ccc(NC(=O)OC(C)C)cc3)s2)c(S(=O)(=O)NC(C)(C)C)c1.CC(C)OC(=O)Cl. The lowest BCUT2D eigenvalue weighted by molar-refractivity contribution is -0.115. The Labute approximate surface area is 454 Å². The highest BCUT2D eigenvalue weighted by Crippen LogP contribution is 2.39. The van der Waals surface area contributed by atoms with Gasteiger partial charge in [0.05, 0.1) is 31.8 Å². The van der Waals surface area contributed by atoms with Crippen molar-refractivity contribution in [2.75, 3.05) is 21.7 Å². The first kappa shape index (κ1) is 64.8. The van der Waals surface area contributed by atoms with E-state index in [1.54, 1.807) is 130 Å². The van der Waals surface area contributed by atoms with E-state index in [2.05, 4.69) is 40.1 Å². The van der Waals surface area contributed by atoms with E-state index in [0.29, 0.717) is 48.6 Å². The van der Waals surface area contributed by atoms with Crippen molar-refractivity contribution in [3.8, 4) is 42.0 Å². The highest BCUT2D eigenvalue weighted by Gasteiger charge is 2.28. The smallest absolute Gasteiger partial charge is 0.411 e. The minimum absolute atomic E-state index is 0. The second kappa shape index (κ2) is 27.5. The number of nitrogens with one attached hydrogen (secondary N) is 5. The number of aromatic nitrogens is 2. The van der Waals surface area contributed by atoms with Crippen molar-refractivity contribution in [1.29, 1.82) is 0 Å². The van der Waals surface area contributed by atoms with Crippen LogP contribution in [0.4, 0.5) is 32.3 Å². The van der Waals surface area contributed by atoms with Gasteiger partial charge in [-0.2, -0.15) is 0 Å². The Hall–Kier alpha value is -6.27. The Kier molecular flexibility index (Phi) is 23.8. The maximum Gasteiger partial charge on any atom is 0.411 e. The number of nitrogens with zero attached hydrogens (tertiary/aromatic N) is 2. The molecule has 6 aromatic rings. The summed E-state index contributed by atoms with van der Waals surface area (Å²) < 4.78 is 67.6. The normalized spacial score (nSPS) is 11.3. The van der Waals surface area contributed by atoms with Crippen LogP contribution in [0.5, 0.6) is 0 Å². The molecule has 0 spiro atoms. The van der Waals surface area contributed by atoms with E-state index in [-0.39, 0.29) is 48.7 Å². The zero-order valence-electron chi connectivity index (χ0n) is 42.5. The van der Waals surface area contributed by atoms with Gasteiger partial charge in [-0.1, -0.05) is 27.0 Å². The van der Waals surface area contributed by atoms with Crippen molar-refractivity contribution < 1.29 is 45.5 Å². The van der Waals surface area contributed by atoms with Crippen molar-refractivity contribution >= 4 is 100 Å². The molecule has 0 aliphatic carbocycles. The Bertz CT molecular complexity index is 3130. The molecule has 7 N–H and O–H groups in total. The van der Waals surface area contributed by atoms with Crippen molar-refractivity contribution in [3.63, 3.8) is 0 Å². The van der Waals surface area contributed by atoms with Gasteiger partial charge in [0, 0.05) is 93.9 Å². The summed E-state index contributed by atoms with van der Waals surface area (Å²) in [5.41, 5.74) is 8.36. The molecule has 18 nitrogen and oxygen atoms in total. The number of hydrogen-bond donors (Lipinski definition) is 6. The molecule has 2 heterocycles. The summed E-state index contributed by atoms with van der Waals surface area (Å²) in [4.78, 5) is 55.0. The molecule has 0 radical (unpaired) electrons. The summed E-state index contributed by atoms with van der Waals surface area (Å²) in [6, 6.07) is 24.0. The molecule has 4 aromatic carbocycles. The first-order valence-electron chi connectivity index (χ1n) is 22.4. The molecule has 3 amide bonds. The van der Waals surface area contributed by atoms with Crippen LogP contribution in [0.1, 0.15) is 97.9 Å². The number of anilines is 4. The van der Waals surface area contributed by atoms with E-state index in [0.717, 1.165) is 16.1 Å². The summed E-state index contributed by atoms with van der Waals surface area (Å²) >= 11 is 7.53. The molecule has 0 atom stereocenters. The highest BCUT2D eigenvalue weighted by atomic mass is 35.5. The van der Waals surface area contributed by atoms with Crippen molar-refractivity contribution in [2.45, 2.75) is 131 Å². The summed E-state index contributed by atoms with van der Waals surface area (Å²) in [5, 5.41) is 9.37. The molecule has 75 heavy (non-hydrogen) atoms. The topological polar surface area (TPSA) is 267 Å². The van der Waals surface area contributed by atoms with Crippen LogP contribution in [0, 0.1) is 0 Å². The van der Waals surface area contributed by atoms with Crippen LogP contribution in [0.15, 0.2) is 107 Å². The minimum Gasteiger partial charge on any atom is -0.451 e. The zero-order chi connectivity index (χ0) is 54.6. The Morgan fingerprint density at radius 2 is 0.933 bits per heavy atom. The van der Waals surface area contributed by atoms with E-state index in [9.17, 15) is 36.0 Å². The summed E-state index contributed by atoms with van der Waals surface area (Å²) in [6.45, 7) is 20.3. The Morgan fingerprint density at radius 3 is 1.25 bits per heavy atom. The van der Waals surface area contributed by atoms with Crippen LogP contribution in [-0.4, -0.2) is 73.4 Å². The second-order valence-corrected chi connectivity index (χ2v) is 24.4. The van der Waals surface area contributed by atoms with Gasteiger partial charge in [0.25, 0.3) is 0 Å². The molecule has 0 aliphatic heterocycles. The van der Waals surface area contributed by atoms with Gasteiger partial charge in [-0.25, -0.2) is 45.8 Å². The quantitative estimate of drug-likeness (QED) is 0.0465. The van der Waals surface area contributed by atoms with Crippen molar-refractivity contribution in [1.82, 2.24) is 19.4 Å². The number of ether oxygens (including phenoxy) is 2. The highest BCUT2D eigenvalue weighted by molar-refractivity contribution is 7.90. The van der Waals surface area contributed by atoms with Gasteiger partial charge in [-0.05, 0) is 142 Å². The molecule has 2 aromatic heterocycles. The van der Waals surface area contributed by atoms with Crippen LogP contribution < -0.4 is 31.1 Å². The average molecular weight is 1130 g/mol. The molecule has 0 fully saturated rings. The number of halogens is 1. The fraction of sp³-hybridized carbons (Fsp3) is 0.346. The fourth-order valence-electron chi connectivity index (χ4n) is 6.31. The molecular formula is C52H69ClN8O10S4. The van der Waals surface area contributed by atoms with E-state index in [1.807, 2.05) is 24.3 Å². The first-order valence-corrected chi connectivity index (χ1v) is 27.4. The third kappa shape index (κ3) is 21.1. The number of amides is 3. The molecule has 0 unspecified atom stereocenters. The largest absolute Gasteiger partial charge is 0.451 e. The number of carbonyl (C=O) groups excluding carboxylic acids is 4. The van der Waals surface area contributed by atoms with Crippen LogP contribution in [0.3, 0.4) is 0 Å². The molecule has 0 aliphatic rings. The van der Waals surface area contributed by atoms with E-state index < -0.39 is 42.6 Å². The third-order valence-electron chi connectivity index (χ3n) is 8.81. The van der Waals surface area contributed by atoms with E-state index in [4.69, 9.17) is 22.1 Å². The lowest BCUT2D eigenvalue weighted by Crippen LogP contribution is -2.40. The summed E-state index contributed by atoms with van der Waals surface area (Å²) in [5.74, 6) is -0.580.